The summed E-state index contributed by atoms with van der Waals surface area (Å²) in [5.41, 5.74) is 2.33. The molecule has 0 aliphatic carbocycles. The molecule has 0 saturated carbocycles. The Balaban J connectivity index is 2.04. The van der Waals surface area contributed by atoms with Gasteiger partial charge in [-0.25, -0.2) is 4.98 Å². The molecule has 3 rings (SSSR count). The number of hydrogen-bond donors (Lipinski definition) is 1. The number of carbonyl (C=O) groups excluding carboxylic acids is 1. The molecule has 0 radical (unpaired) electrons. The van der Waals surface area contributed by atoms with Crippen molar-refractivity contribution in [2.45, 2.75) is 13.3 Å². The van der Waals surface area contributed by atoms with Crippen LogP contribution >= 0.6 is 11.6 Å². The number of methoxy groups -OCH3 is 2. The van der Waals surface area contributed by atoms with Crippen LogP contribution in [0.25, 0.3) is 5.65 Å². The van der Waals surface area contributed by atoms with Gasteiger partial charge in [0, 0.05) is 12.3 Å². The van der Waals surface area contributed by atoms with Gasteiger partial charge in [0.25, 0.3) is 5.91 Å². The van der Waals surface area contributed by atoms with E-state index in [0.717, 1.165) is 0 Å². The maximum atomic E-state index is 12.9. The summed E-state index contributed by atoms with van der Waals surface area (Å²) in [6, 6.07) is 8.74. The van der Waals surface area contributed by atoms with Crippen LogP contribution in [0.15, 0.2) is 36.5 Å². The number of anilines is 1. The molecule has 0 fully saturated rings. The molecule has 0 atom stereocenters. The van der Waals surface area contributed by atoms with E-state index < -0.39 is 0 Å². The first kappa shape index (κ1) is 17.1. The van der Waals surface area contributed by atoms with E-state index in [-0.39, 0.29) is 5.91 Å². The molecule has 0 unspecified atom stereocenters. The van der Waals surface area contributed by atoms with Crippen LogP contribution in [-0.4, -0.2) is 29.5 Å². The molecule has 2 heterocycles. The molecule has 0 aliphatic heterocycles. The van der Waals surface area contributed by atoms with E-state index in [9.17, 15) is 4.79 Å². The average molecular weight is 360 g/mol. The van der Waals surface area contributed by atoms with Gasteiger partial charge in [-0.2, -0.15) is 0 Å². The summed E-state index contributed by atoms with van der Waals surface area (Å²) in [4.78, 5) is 17.4. The van der Waals surface area contributed by atoms with Gasteiger partial charge in [0.15, 0.2) is 0 Å². The summed E-state index contributed by atoms with van der Waals surface area (Å²) in [5.74, 6) is 0.866. The molecule has 2 aromatic heterocycles. The van der Waals surface area contributed by atoms with Crippen LogP contribution in [-0.2, 0) is 6.42 Å². The number of pyridine rings is 1. The molecule has 1 N–H and O–H groups in total. The van der Waals surface area contributed by atoms with Crippen LogP contribution in [0.1, 0.15) is 23.1 Å². The largest absolute Gasteiger partial charge is 0.497 e. The van der Waals surface area contributed by atoms with Crippen LogP contribution in [0.3, 0.4) is 0 Å². The van der Waals surface area contributed by atoms with E-state index in [4.69, 9.17) is 21.1 Å². The highest BCUT2D eigenvalue weighted by atomic mass is 35.5. The first-order chi connectivity index (χ1) is 12.1. The number of aryl methyl sites for hydroxylation is 1. The van der Waals surface area contributed by atoms with Crippen molar-refractivity contribution in [1.29, 1.82) is 0 Å². The van der Waals surface area contributed by atoms with E-state index in [1.54, 1.807) is 55.1 Å². The SMILES string of the molecule is CCc1nc2ccc(Cl)cn2c1C(=O)Nc1cc(OC)ccc1OC. The van der Waals surface area contributed by atoms with Gasteiger partial charge < -0.3 is 14.8 Å². The Morgan fingerprint density at radius 2 is 2.04 bits per heavy atom. The number of imidazole rings is 1. The topological polar surface area (TPSA) is 64.9 Å². The van der Waals surface area contributed by atoms with Gasteiger partial charge >= 0.3 is 0 Å². The number of amides is 1. The lowest BCUT2D eigenvalue weighted by Gasteiger charge is -2.12. The van der Waals surface area contributed by atoms with Gasteiger partial charge in [0.2, 0.25) is 0 Å². The molecule has 0 saturated heterocycles. The highest BCUT2D eigenvalue weighted by Gasteiger charge is 2.20. The van der Waals surface area contributed by atoms with Crippen LogP contribution < -0.4 is 14.8 Å². The monoisotopic (exact) mass is 359 g/mol. The fourth-order valence-electron chi connectivity index (χ4n) is 2.65. The predicted octanol–water partition coefficient (Wildman–Crippen LogP) is 3.82. The van der Waals surface area contributed by atoms with Gasteiger partial charge in [-0.1, -0.05) is 18.5 Å². The lowest BCUT2D eigenvalue weighted by Crippen LogP contribution is -2.17. The summed E-state index contributed by atoms with van der Waals surface area (Å²) in [6.07, 6.45) is 2.30. The third kappa shape index (κ3) is 3.25. The molecule has 7 heteroatoms. The minimum absolute atomic E-state index is 0.293. The van der Waals surface area contributed by atoms with Crippen LogP contribution in [0.5, 0.6) is 11.5 Å². The summed E-state index contributed by atoms with van der Waals surface area (Å²) in [7, 11) is 3.11. The zero-order valence-corrected chi connectivity index (χ0v) is 14.9. The molecule has 130 valence electrons. The van der Waals surface area contributed by atoms with Crippen molar-refractivity contribution in [3.63, 3.8) is 0 Å². The summed E-state index contributed by atoms with van der Waals surface area (Å²) >= 11 is 6.08. The molecule has 6 nitrogen and oxygen atoms in total. The lowest BCUT2D eigenvalue weighted by atomic mass is 10.2. The number of halogens is 1. The Labute approximate surface area is 150 Å². The number of fused-ring (bicyclic) bond motifs is 1. The molecule has 1 aromatic carbocycles. The van der Waals surface area contributed by atoms with E-state index in [2.05, 4.69) is 10.3 Å². The van der Waals surface area contributed by atoms with E-state index in [1.807, 2.05) is 6.92 Å². The van der Waals surface area contributed by atoms with Crippen LogP contribution in [0.2, 0.25) is 5.02 Å². The molecular weight excluding hydrogens is 342 g/mol. The van der Waals surface area contributed by atoms with Gasteiger partial charge in [0.05, 0.1) is 30.6 Å². The Kier molecular flexibility index (Phi) is 4.81. The predicted molar refractivity (Wildman–Crippen MR) is 97.1 cm³/mol. The minimum Gasteiger partial charge on any atom is -0.497 e. The molecule has 0 aliphatic rings. The molecule has 25 heavy (non-hydrogen) atoms. The maximum Gasteiger partial charge on any atom is 0.274 e. The zero-order valence-electron chi connectivity index (χ0n) is 14.2. The van der Waals surface area contributed by atoms with Crippen molar-refractivity contribution < 1.29 is 14.3 Å². The fourth-order valence-corrected chi connectivity index (χ4v) is 2.81. The standard InChI is InChI=1S/C18H18ClN3O3/c1-4-13-17(22-10-11(19)5-8-16(22)20-13)18(23)21-14-9-12(24-2)6-7-15(14)25-3/h5-10H,4H2,1-3H3,(H,21,23). The number of hydrogen-bond acceptors (Lipinski definition) is 4. The molecule has 3 aromatic rings. The first-order valence-corrected chi connectivity index (χ1v) is 8.15. The smallest absolute Gasteiger partial charge is 0.274 e. The van der Waals surface area contributed by atoms with Crippen LogP contribution in [0, 0.1) is 0 Å². The molecule has 0 bridgehead atoms. The minimum atomic E-state index is -0.293. The lowest BCUT2D eigenvalue weighted by molar-refractivity contribution is 0.102. The van der Waals surface area contributed by atoms with Gasteiger partial charge in [0.1, 0.15) is 22.8 Å². The molecule has 1 amide bonds. The van der Waals surface area contributed by atoms with Crippen molar-refractivity contribution in [2.24, 2.45) is 0 Å². The number of benzene rings is 1. The van der Waals surface area contributed by atoms with Crippen molar-refractivity contribution in [3.8, 4) is 11.5 Å². The maximum absolute atomic E-state index is 12.9. The third-order valence-corrected chi connectivity index (χ3v) is 4.08. The Hall–Kier alpha value is -2.73. The highest BCUT2D eigenvalue weighted by molar-refractivity contribution is 6.30. The number of nitrogens with zero attached hydrogens (tertiary/aromatic N) is 2. The highest BCUT2D eigenvalue weighted by Crippen LogP contribution is 2.29. The second-order valence-corrected chi connectivity index (χ2v) is 5.79. The Bertz CT molecular complexity index is 937. The molecular formula is C18H18ClN3O3. The number of aromatic nitrogens is 2. The molecule has 0 spiro atoms. The second kappa shape index (κ2) is 7.03. The van der Waals surface area contributed by atoms with Crippen molar-refractivity contribution in [1.82, 2.24) is 9.38 Å². The van der Waals surface area contributed by atoms with Gasteiger partial charge in [-0.15, -0.1) is 0 Å². The van der Waals surface area contributed by atoms with E-state index in [1.165, 1.54) is 0 Å². The van der Waals surface area contributed by atoms with Crippen LogP contribution in [0.4, 0.5) is 5.69 Å². The van der Waals surface area contributed by atoms with E-state index >= 15 is 0 Å². The fraction of sp³-hybridized carbons (Fsp3) is 0.222. The zero-order chi connectivity index (χ0) is 18.0. The number of ether oxygens (including phenoxy) is 2. The third-order valence-electron chi connectivity index (χ3n) is 3.86. The Morgan fingerprint density at radius 1 is 1.24 bits per heavy atom. The number of rotatable bonds is 5. The average Bonchev–Trinajstić information content (AvgIpc) is 2.99. The van der Waals surface area contributed by atoms with Crippen molar-refractivity contribution >= 4 is 28.8 Å². The Morgan fingerprint density at radius 3 is 2.72 bits per heavy atom. The normalized spacial score (nSPS) is 10.7. The van der Waals surface area contributed by atoms with Crippen molar-refractivity contribution in [3.05, 3.63) is 52.9 Å². The quantitative estimate of drug-likeness (QED) is 0.752. The van der Waals surface area contributed by atoms with Gasteiger partial charge in [-0.3, -0.25) is 9.20 Å². The summed E-state index contributed by atoms with van der Waals surface area (Å²) in [5, 5.41) is 3.41. The van der Waals surface area contributed by atoms with Gasteiger partial charge in [-0.05, 0) is 30.7 Å². The number of nitrogens with one attached hydrogen (secondary N) is 1. The van der Waals surface area contributed by atoms with Crippen molar-refractivity contribution in [2.75, 3.05) is 19.5 Å². The summed E-state index contributed by atoms with van der Waals surface area (Å²) in [6.45, 7) is 1.95. The second-order valence-electron chi connectivity index (χ2n) is 5.36. The number of carbonyl (C=O) groups is 1. The summed E-state index contributed by atoms with van der Waals surface area (Å²) < 4.78 is 12.2. The van der Waals surface area contributed by atoms with E-state index in [0.29, 0.717) is 45.7 Å². The first-order valence-electron chi connectivity index (χ1n) is 7.77.